The molecule has 4 rings (SSSR count). The number of hydrogen-bond acceptors (Lipinski definition) is 6. The third kappa shape index (κ3) is 4.49. The lowest BCUT2D eigenvalue weighted by Gasteiger charge is -2.35. The predicted octanol–water partition coefficient (Wildman–Crippen LogP) is 2.91. The summed E-state index contributed by atoms with van der Waals surface area (Å²) in [4.78, 5) is 17.9. The third-order valence-electron chi connectivity index (χ3n) is 5.29. The molecule has 3 heterocycles. The molecule has 0 bridgehead atoms. The first-order chi connectivity index (χ1) is 12.9. The van der Waals surface area contributed by atoms with Crippen molar-refractivity contribution in [2.75, 3.05) is 31.1 Å². The molecule has 0 radical (unpaired) electrons. The molecule has 0 amide bonds. The van der Waals surface area contributed by atoms with E-state index in [1.54, 1.807) is 6.20 Å². The highest BCUT2D eigenvalue weighted by atomic mass is 16.5. The van der Waals surface area contributed by atoms with Crippen molar-refractivity contribution in [3.05, 3.63) is 42.5 Å². The van der Waals surface area contributed by atoms with Gasteiger partial charge in [-0.25, -0.2) is 0 Å². The number of nitrogens with zero attached hydrogens (tertiary/aromatic N) is 5. The smallest absolute Gasteiger partial charge is 0.234 e. The minimum atomic E-state index is 0.311. The first-order valence-electron chi connectivity index (χ1n) is 9.72. The molecule has 2 aromatic rings. The molecule has 2 aliphatic rings. The first kappa shape index (κ1) is 17.2. The van der Waals surface area contributed by atoms with Crippen LogP contribution in [-0.4, -0.2) is 52.1 Å². The third-order valence-corrected chi connectivity index (χ3v) is 5.29. The van der Waals surface area contributed by atoms with E-state index in [1.165, 1.54) is 24.8 Å². The summed E-state index contributed by atoms with van der Waals surface area (Å²) in [6, 6.07) is 4.17. The van der Waals surface area contributed by atoms with Crippen LogP contribution in [0.2, 0.25) is 0 Å². The molecule has 0 spiro atoms. The molecule has 138 valence electrons. The SMILES string of the molecule is c1cc(CN2CCN(c3cncc(OC4CCCCC4)n3)CC2)ccn1. The second kappa shape index (κ2) is 8.45. The molecule has 0 atom stereocenters. The van der Waals surface area contributed by atoms with Gasteiger partial charge < -0.3 is 9.64 Å². The van der Waals surface area contributed by atoms with E-state index in [4.69, 9.17) is 9.72 Å². The Morgan fingerprint density at radius 3 is 2.46 bits per heavy atom. The minimum Gasteiger partial charge on any atom is -0.473 e. The van der Waals surface area contributed by atoms with Crippen molar-refractivity contribution in [2.24, 2.45) is 0 Å². The summed E-state index contributed by atoms with van der Waals surface area (Å²) in [5, 5.41) is 0. The van der Waals surface area contributed by atoms with Crippen LogP contribution in [0.5, 0.6) is 5.88 Å². The molecule has 0 unspecified atom stereocenters. The van der Waals surface area contributed by atoms with Crippen molar-refractivity contribution >= 4 is 5.82 Å². The van der Waals surface area contributed by atoms with E-state index in [0.717, 1.165) is 51.4 Å². The van der Waals surface area contributed by atoms with Crippen LogP contribution < -0.4 is 9.64 Å². The van der Waals surface area contributed by atoms with Gasteiger partial charge in [0.05, 0.1) is 12.4 Å². The number of ether oxygens (including phenoxy) is 1. The van der Waals surface area contributed by atoms with Crippen molar-refractivity contribution in [1.29, 1.82) is 0 Å². The Kier molecular flexibility index (Phi) is 5.59. The lowest BCUT2D eigenvalue weighted by Crippen LogP contribution is -2.46. The summed E-state index contributed by atoms with van der Waals surface area (Å²) < 4.78 is 6.07. The summed E-state index contributed by atoms with van der Waals surface area (Å²) in [6.07, 6.45) is 13.8. The highest BCUT2D eigenvalue weighted by Crippen LogP contribution is 2.23. The summed E-state index contributed by atoms with van der Waals surface area (Å²) >= 11 is 0. The molecule has 0 N–H and O–H groups in total. The van der Waals surface area contributed by atoms with Crippen molar-refractivity contribution in [3.63, 3.8) is 0 Å². The molecular formula is C20H27N5O. The number of pyridine rings is 1. The number of anilines is 1. The van der Waals surface area contributed by atoms with Crippen LogP contribution in [0, 0.1) is 0 Å². The van der Waals surface area contributed by atoms with Crippen molar-refractivity contribution in [2.45, 2.75) is 44.8 Å². The van der Waals surface area contributed by atoms with Gasteiger partial charge in [-0.2, -0.15) is 4.98 Å². The predicted molar refractivity (Wildman–Crippen MR) is 101 cm³/mol. The Morgan fingerprint density at radius 1 is 0.923 bits per heavy atom. The van der Waals surface area contributed by atoms with E-state index in [9.17, 15) is 0 Å². The van der Waals surface area contributed by atoms with E-state index in [1.807, 2.05) is 18.6 Å². The van der Waals surface area contributed by atoms with Crippen molar-refractivity contribution < 1.29 is 4.74 Å². The fraction of sp³-hybridized carbons (Fsp3) is 0.550. The van der Waals surface area contributed by atoms with Crippen LogP contribution in [0.1, 0.15) is 37.7 Å². The van der Waals surface area contributed by atoms with Crippen LogP contribution in [0.15, 0.2) is 36.9 Å². The lowest BCUT2D eigenvalue weighted by atomic mass is 9.98. The van der Waals surface area contributed by atoms with Gasteiger partial charge in [0.15, 0.2) is 5.82 Å². The maximum Gasteiger partial charge on any atom is 0.234 e. The molecule has 26 heavy (non-hydrogen) atoms. The zero-order valence-corrected chi connectivity index (χ0v) is 15.3. The van der Waals surface area contributed by atoms with Gasteiger partial charge >= 0.3 is 0 Å². The van der Waals surface area contributed by atoms with Crippen molar-refractivity contribution in [1.82, 2.24) is 19.9 Å². The van der Waals surface area contributed by atoms with Gasteiger partial charge in [0.1, 0.15) is 6.10 Å². The average molecular weight is 353 g/mol. The minimum absolute atomic E-state index is 0.311. The van der Waals surface area contributed by atoms with Crippen LogP contribution in [0.25, 0.3) is 0 Å². The van der Waals surface area contributed by atoms with Gasteiger partial charge in [-0.05, 0) is 43.4 Å². The second-order valence-electron chi connectivity index (χ2n) is 7.21. The highest BCUT2D eigenvalue weighted by Gasteiger charge is 2.20. The maximum absolute atomic E-state index is 6.07. The van der Waals surface area contributed by atoms with E-state index in [-0.39, 0.29) is 0 Å². The standard InChI is InChI=1S/C20H27N5O/c1-2-4-18(5-3-1)26-20-15-22-14-19(23-20)25-12-10-24(11-13-25)16-17-6-8-21-9-7-17/h6-9,14-15,18H,1-5,10-13,16H2. The number of piperazine rings is 1. The fourth-order valence-corrected chi connectivity index (χ4v) is 3.78. The van der Waals surface area contributed by atoms with Gasteiger partial charge in [-0.15, -0.1) is 0 Å². The molecule has 2 aromatic heterocycles. The molecule has 1 aliphatic carbocycles. The van der Waals surface area contributed by atoms with Crippen molar-refractivity contribution in [3.8, 4) is 5.88 Å². The largest absolute Gasteiger partial charge is 0.473 e. The Labute approximate surface area is 155 Å². The molecule has 6 heteroatoms. The fourth-order valence-electron chi connectivity index (χ4n) is 3.78. The summed E-state index contributed by atoms with van der Waals surface area (Å²) in [7, 11) is 0. The van der Waals surface area contributed by atoms with E-state index in [0.29, 0.717) is 12.0 Å². The number of aromatic nitrogens is 3. The highest BCUT2D eigenvalue weighted by molar-refractivity contribution is 5.38. The Balaban J connectivity index is 1.31. The van der Waals surface area contributed by atoms with Gasteiger partial charge in [0, 0.05) is 45.1 Å². The summed E-state index contributed by atoms with van der Waals surface area (Å²) in [5.41, 5.74) is 1.32. The van der Waals surface area contributed by atoms with E-state index >= 15 is 0 Å². The maximum atomic E-state index is 6.07. The first-order valence-corrected chi connectivity index (χ1v) is 9.72. The van der Waals surface area contributed by atoms with Gasteiger partial charge in [0.2, 0.25) is 5.88 Å². The molecule has 1 saturated carbocycles. The van der Waals surface area contributed by atoms with Crippen LogP contribution in [0.4, 0.5) is 5.82 Å². The topological polar surface area (TPSA) is 54.4 Å². The van der Waals surface area contributed by atoms with E-state index < -0.39 is 0 Å². The average Bonchev–Trinajstić information content (AvgIpc) is 2.70. The number of hydrogen-bond donors (Lipinski definition) is 0. The zero-order chi connectivity index (χ0) is 17.6. The van der Waals surface area contributed by atoms with Gasteiger partial charge in [-0.1, -0.05) is 6.42 Å². The van der Waals surface area contributed by atoms with Crippen LogP contribution >= 0.6 is 0 Å². The summed E-state index contributed by atoms with van der Waals surface area (Å²) in [5.74, 6) is 1.61. The molecule has 0 aromatic carbocycles. The Bertz CT molecular complexity index is 682. The van der Waals surface area contributed by atoms with E-state index in [2.05, 4.69) is 31.9 Å². The molecule has 6 nitrogen and oxygen atoms in total. The zero-order valence-electron chi connectivity index (χ0n) is 15.3. The van der Waals surface area contributed by atoms with Crippen LogP contribution in [-0.2, 0) is 6.54 Å². The van der Waals surface area contributed by atoms with Gasteiger partial charge in [0.25, 0.3) is 0 Å². The summed E-state index contributed by atoms with van der Waals surface area (Å²) in [6.45, 7) is 4.96. The second-order valence-corrected chi connectivity index (χ2v) is 7.21. The molecule has 1 aliphatic heterocycles. The molecule has 1 saturated heterocycles. The normalized spacial score (nSPS) is 19.5. The Hall–Kier alpha value is -2.21. The monoisotopic (exact) mass is 353 g/mol. The molecule has 2 fully saturated rings. The quantitative estimate of drug-likeness (QED) is 0.824. The van der Waals surface area contributed by atoms with Gasteiger partial charge in [-0.3, -0.25) is 14.9 Å². The lowest BCUT2D eigenvalue weighted by molar-refractivity contribution is 0.148. The number of rotatable bonds is 5. The molecular weight excluding hydrogens is 326 g/mol. The Morgan fingerprint density at radius 2 is 1.69 bits per heavy atom. The van der Waals surface area contributed by atoms with Crippen LogP contribution in [0.3, 0.4) is 0 Å².